The van der Waals surface area contributed by atoms with Crippen LogP contribution >= 0.6 is 0 Å². The highest BCUT2D eigenvalue weighted by Crippen LogP contribution is 2.21. The number of hydrogen-bond donors (Lipinski definition) is 0. The van der Waals surface area contributed by atoms with Crippen LogP contribution in [0, 0.1) is 11.3 Å². The lowest BCUT2D eigenvalue weighted by Gasteiger charge is -2.14. The Hall–Kier alpha value is -1.82. The molecule has 0 aromatic heterocycles. The largest absolute Gasteiger partial charge is 0.349 e. The van der Waals surface area contributed by atoms with Crippen molar-refractivity contribution in [1.82, 2.24) is 4.90 Å². The standard InChI is InChI=1S/C14H18N2O/c1-11(4-9-14(17)16(2)3)13-7-5-12(10-15)6-8-13/h5-8,11H,4,9H2,1-3H3. The third kappa shape index (κ3) is 3.92. The van der Waals surface area contributed by atoms with Crippen LogP contribution < -0.4 is 0 Å². The fraction of sp³-hybridized carbons (Fsp3) is 0.429. The van der Waals surface area contributed by atoms with Crippen molar-refractivity contribution in [2.24, 2.45) is 0 Å². The third-order valence-electron chi connectivity index (χ3n) is 2.90. The van der Waals surface area contributed by atoms with Gasteiger partial charge in [0.2, 0.25) is 5.91 Å². The van der Waals surface area contributed by atoms with Crippen molar-refractivity contribution in [3.63, 3.8) is 0 Å². The third-order valence-corrected chi connectivity index (χ3v) is 2.90. The van der Waals surface area contributed by atoms with Gasteiger partial charge in [-0.3, -0.25) is 4.79 Å². The maximum absolute atomic E-state index is 11.5. The van der Waals surface area contributed by atoms with Gasteiger partial charge >= 0.3 is 0 Å². The van der Waals surface area contributed by atoms with Crippen molar-refractivity contribution >= 4 is 5.91 Å². The monoisotopic (exact) mass is 230 g/mol. The summed E-state index contributed by atoms with van der Waals surface area (Å²) in [5, 5.41) is 8.70. The predicted octanol–water partition coefficient (Wildman–Crippen LogP) is 2.53. The van der Waals surface area contributed by atoms with Gasteiger partial charge in [0.05, 0.1) is 11.6 Å². The number of nitriles is 1. The smallest absolute Gasteiger partial charge is 0.222 e. The van der Waals surface area contributed by atoms with Crippen LogP contribution in [0.15, 0.2) is 24.3 Å². The SMILES string of the molecule is CC(CCC(=O)N(C)C)c1ccc(C#N)cc1. The van der Waals surface area contributed by atoms with Crippen LogP contribution in [0.1, 0.15) is 36.8 Å². The molecule has 0 heterocycles. The van der Waals surface area contributed by atoms with Crippen LogP contribution in [0.25, 0.3) is 0 Å². The summed E-state index contributed by atoms with van der Waals surface area (Å²) in [6.45, 7) is 2.10. The second kappa shape index (κ2) is 6.05. The number of amides is 1. The Morgan fingerprint density at radius 3 is 2.41 bits per heavy atom. The molecule has 0 fully saturated rings. The van der Waals surface area contributed by atoms with E-state index in [2.05, 4.69) is 13.0 Å². The van der Waals surface area contributed by atoms with Gasteiger partial charge in [0.25, 0.3) is 0 Å². The van der Waals surface area contributed by atoms with Crippen LogP contribution in [-0.2, 0) is 4.79 Å². The fourth-order valence-electron chi connectivity index (χ4n) is 1.62. The van der Waals surface area contributed by atoms with Crippen molar-refractivity contribution in [2.45, 2.75) is 25.7 Å². The van der Waals surface area contributed by atoms with E-state index in [4.69, 9.17) is 5.26 Å². The molecule has 0 aliphatic carbocycles. The second-order valence-corrected chi connectivity index (χ2v) is 4.46. The molecule has 1 atom stereocenters. The van der Waals surface area contributed by atoms with Crippen LogP contribution in [0.5, 0.6) is 0 Å². The first kappa shape index (κ1) is 13.2. The Kier molecular flexibility index (Phi) is 4.71. The lowest BCUT2D eigenvalue weighted by Crippen LogP contribution is -2.21. The molecule has 0 N–H and O–H groups in total. The molecule has 0 saturated carbocycles. The molecule has 1 aromatic carbocycles. The average Bonchev–Trinajstić information content (AvgIpc) is 2.35. The summed E-state index contributed by atoms with van der Waals surface area (Å²) >= 11 is 0. The molecule has 17 heavy (non-hydrogen) atoms. The molecule has 3 nitrogen and oxygen atoms in total. The quantitative estimate of drug-likeness (QED) is 0.797. The summed E-state index contributed by atoms with van der Waals surface area (Å²) in [6.07, 6.45) is 1.40. The molecule has 0 bridgehead atoms. The molecule has 1 amide bonds. The van der Waals surface area contributed by atoms with Crippen LogP contribution in [0.2, 0.25) is 0 Å². The topological polar surface area (TPSA) is 44.1 Å². The van der Waals surface area contributed by atoms with Gasteiger partial charge in [-0.05, 0) is 30.0 Å². The second-order valence-electron chi connectivity index (χ2n) is 4.46. The van der Waals surface area contributed by atoms with Crippen molar-refractivity contribution < 1.29 is 4.79 Å². The maximum Gasteiger partial charge on any atom is 0.222 e. The highest BCUT2D eigenvalue weighted by molar-refractivity contribution is 5.75. The average molecular weight is 230 g/mol. The van der Waals surface area contributed by atoms with Crippen LogP contribution in [0.3, 0.4) is 0 Å². The van der Waals surface area contributed by atoms with Gasteiger partial charge in [-0.1, -0.05) is 19.1 Å². The molecular weight excluding hydrogens is 212 g/mol. The number of carbonyl (C=O) groups is 1. The van der Waals surface area contributed by atoms with E-state index in [0.29, 0.717) is 17.9 Å². The Morgan fingerprint density at radius 1 is 1.35 bits per heavy atom. The minimum Gasteiger partial charge on any atom is -0.349 e. The van der Waals surface area contributed by atoms with Crippen molar-refractivity contribution in [2.75, 3.05) is 14.1 Å². The Morgan fingerprint density at radius 2 is 1.94 bits per heavy atom. The van der Waals surface area contributed by atoms with Gasteiger partial charge in [0.1, 0.15) is 0 Å². The normalized spacial score (nSPS) is 11.6. The lowest BCUT2D eigenvalue weighted by molar-refractivity contribution is -0.128. The maximum atomic E-state index is 11.5. The van der Waals surface area contributed by atoms with E-state index in [-0.39, 0.29) is 5.91 Å². The Balaban J connectivity index is 2.55. The summed E-state index contributed by atoms with van der Waals surface area (Å²) in [6, 6.07) is 9.66. The molecule has 90 valence electrons. The molecule has 1 aromatic rings. The summed E-state index contributed by atoms with van der Waals surface area (Å²) in [4.78, 5) is 13.1. The van der Waals surface area contributed by atoms with Gasteiger partial charge in [0, 0.05) is 20.5 Å². The van der Waals surface area contributed by atoms with E-state index in [1.165, 1.54) is 5.56 Å². The minimum absolute atomic E-state index is 0.158. The lowest BCUT2D eigenvalue weighted by atomic mass is 9.95. The van der Waals surface area contributed by atoms with Crippen molar-refractivity contribution in [3.8, 4) is 6.07 Å². The first-order valence-electron chi connectivity index (χ1n) is 5.74. The molecule has 0 radical (unpaired) electrons. The first-order valence-corrected chi connectivity index (χ1v) is 5.74. The Labute approximate surface area is 103 Å². The number of hydrogen-bond acceptors (Lipinski definition) is 2. The molecule has 0 aliphatic rings. The molecule has 0 saturated heterocycles. The van der Waals surface area contributed by atoms with E-state index in [0.717, 1.165) is 6.42 Å². The van der Waals surface area contributed by atoms with Crippen LogP contribution in [-0.4, -0.2) is 24.9 Å². The zero-order chi connectivity index (χ0) is 12.8. The first-order chi connectivity index (χ1) is 8.04. The summed E-state index contributed by atoms with van der Waals surface area (Å²) < 4.78 is 0. The van der Waals surface area contributed by atoms with E-state index in [1.807, 2.05) is 24.3 Å². The molecule has 3 heteroatoms. The highest BCUT2D eigenvalue weighted by atomic mass is 16.2. The number of nitrogens with zero attached hydrogens (tertiary/aromatic N) is 2. The highest BCUT2D eigenvalue weighted by Gasteiger charge is 2.09. The van der Waals surface area contributed by atoms with Gasteiger partial charge in [-0.25, -0.2) is 0 Å². The molecular formula is C14H18N2O. The van der Waals surface area contributed by atoms with E-state index >= 15 is 0 Å². The van der Waals surface area contributed by atoms with Gasteiger partial charge in [-0.2, -0.15) is 5.26 Å². The van der Waals surface area contributed by atoms with E-state index in [9.17, 15) is 4.79 Å². The number of carbonyl (C=O) groups excluding carboxylic acids is 1. The molecule has 0 spiro atoms. The minimum atomic E-state index is 0.158. The number of benzene rings is 1. The summed E-state index contributed by atoms with van der Waals surface area (Å²) in [5.41, 5.74) is 1.85. The zero-order valence-corrected chi connectivity index (χ0v) is 10.6. The van der Waals surface area contributed by atoms with E-state index in [1.54, 1.807) is 19.0 Å². The zero-order valence-electron chi connectivity index (χ0n) is 10.6. The summed E-state index contributed by atoms with van der Waals surface area (Å²) in [5.74, 6) is 0.497. The molecule has 1 rings (SSSR count). The molecule has 0 aliphatic heterocycles. The van der Waals surface area contributed by atoms with Crippen LogP contribution in [0.4, 0.5) is 0 Å². The summed E-state index contributed by atoms with van der Waals surface area (Å²) in [7, 11) is 3.55. The van der Waals surface area contributed by atoms with Crippen molar-refractivity contribution in [1.29, 1.82) is 5.26 Å². The van der Waals surface area contributed by atoms with Gasteiger partial charge in [0.15, 0.2) is 0 Å². The number of rotatable bonds is 4. The van der Waals surface area contributed by atoms with E-state index < -0.39 is 0 Å². The van der Waals surface area contributed by atoms with Gasteiger partial charge < -0.3 is 4.90 Å². The van der Waals surface area contributed by atoms with Gasteiger partial charge in [-0.15, -0.1) is 0 Å². The van der Waals surface area contributed by atoms with Crippen molar-refractivity contribution in [3.05, 3.63) is 35.4 Å². The molecule has 1 unspecified atom stereocenters. The fourth-order valence-corrected chi connectivity index (χ4v) is 1.62. The Bertz CT molecular complexity index is 415. The predicted molar refractivity (Wildman–Crippen MR) is 67.5 cm³/mol.